The molecule has 2 saturated heterocycles. The van der Waals surface area contributed by atoms with Crippen molar-refractivity contribution in [3.05, 3.63) is 0 Å². The minimum Gasteiger partial charge on any atom is -0.381 e. The lowest BCUT2D eigenvalue weighted by Crippen LogP contribution is -2.61. The Morgan fingerprint density at radius 2 is 2.05 bits per heavy atom. The minimum absolute atomic E-state index is 0.341. The fraction of sp³-hybridized carbons (Fsp3) is 1.00. The molecule has 2 aliphatic rings. The standard InChI is InChI=1S/C17H34N2O/c1-13(2)8-15-9-18-16(17(3,4)5)11-19(15)10-14-6-7-20-12-14/h13-16,18H,6-12H2,1-5H3. The van der Waals surface area contributed by atoms with Gasteiger partial charge in [-0.2, -0.15) is 0 Å². The molecule has 0 aliphatic carbocycles. The van der Waals surface area contributed by atoms with Crippen molar-refractivity contribution in [1.82, 2.24) is 10.2 Å². The molecule has 20 heavy (non-hydrogen) atoms. The Morgan fingerprint density at radius 1 is 1.30 bits per heavy atom. The van der Waals surface area contributed by atoms with E-state index in [1.54, 1.807) is 0 Å². The Bertz CT molecular complexity index is 292. The van der Waals surface area contributed by atoms with Crippen molar-refractivity contribution in [3.63, 3.8) is 0 Å². The quantitative estimate of drug-likeness (QED) is 0.858. The molecular formula is C17H34N2O. The van der Waals surface area contributed by atoms with Gasteiger partial charge in [0, 0.05) is 38.3 Å². The maximum Gasteiger partial charge on any atom is 0.0507 e. The van der Waals surface area contributed by atoms with Crippen molar-refractivity contribution in [3.8, 4) is 0 Å². The van der Waals surface area contributed by atoms with Crippen LogP contribution >= 0.6 is 0 Å². The van der Waals surface area contributed by atoms with Crippen molar-refractivity contribution in [2.24, 2.45) is 17.3 Å². The van der Waals surface area contributed by atoms with Crippen molar-refractivity contribution in [2.75, 3.05) is 32.8 Å². The average molecular weight is 282 g/mol. The van der Waals surface area contributed by atoms with E-state index < -0.39 is 0 Å². The fourth-order valence-corrected chi connectivity index (χ4v) is 3.49. The molecule has 3 atom stereocenters. The SMILES string of the molecule is CC(C)CC1CNC(C(C)(C)C)CN1CC1CCOC1. The number of piperazine rings is 1. The summed E-state index contributed by atoms with van der Waals surface area (Å²) >= 11 is 0. The Morgan fingerprint density at radius 3 is 2.60 bits per heavy atom. The lowest BCUT2D eigenvalue weighted by molar-refractivity contribution is 0.0593. The van der Waals surface area contributed by atoms with Crippen LogP contribution in [-0.4, -0.2) is 49.8 Å². The summed E-state index contributed by atoms with van der Waals surface area (Å²) in [7, 11) is 0. The smallest absolute Gasteiger partial charge is 0.0507 e. The summed E-state index contributed by atoms with van der Waals surface area (Å²) < 4.78 is 5.57. The van der Waals surface area contributed by atoms with E-state index in [-0.39, 0.29) is 0 Å². The number of rotatable bonds is 4. The highest BCUT2D eigenvalue weighted by Crippen LogP contribution is 2.27. The second kappa shape index (κ2) is 6.76. The van der Waals surface area contributed by atoms with Gasteiger partial charge in [-0.05, 0) is 30.1 Å². The Balaban J connectivity index is 1.98. The lowest BCUT2D eigenvalue weighted by atomic mass is 9.83. The largest absolute Gasteiger partial charge is 0.381 e. The van der Waals surface area contributed by atoms with Crippen LogP contribution in [0, 0.1) is 17.3 Å². The van der Waals surface area contributed by atoms with Crippen LogP contribution in [0.15, 0.2) is 0 Å². The molecule has 0 radical (unpaired) electrons. The van der Waals surface area contributed by atoms with E-state index in [0.29, 0.717) is 17.5 Å². The van der Waals surface area contributed by atoms with E-state index in [1.165, 1.54) is 25.9 Å². The summed E-state index contributed by atoms with van der Waals surface area (Å²) in [6.07, 6.45) is 2.55. The molecular weight excluding hydrogens is 248 g/mol. The third-order valence-corrected chi connectivity index (χ3v) is 4.84. The fourth-order valence-electron chi connectivity index (χ4n) is 3.49. The van der Waals surface area contributed by atoms with Gasteiger partial charge in [0.1, 0.15) is 0 Å². The maximum absolute atomic E-state index is 5.57. The normalized spacial score (nSPS) is 33.0. The van der Waals surface area contributed by atoms with E-state index in [1.807, 2.05) is 0 Å². The number of hydrogen-bond acceptors (Lipinski definition) is 3. The number of ether oxygens (including phenoxy) is 1. The predicted molar refractivity (Wildman–Crippen MR) is 85.0 cm³/mol. The van der Waals surface area contributed by atoms with Gasteiger partial charge in [0.25, 0.3) is 0 Å². The van der Waals surface area contributed by atoms with Crippen molar-refractivity contribution < 1.29 is 4.74 Å². The lowest BCUT2D eigenvalue weighted by Gasteiger charge is -2.46. The van der Waals surface area contributed by atoms with Gasteiger partial charge in [-0.25, -0.2) is 0 Å². The maximum atomic E-state index is 5.57. The van der Waals surface area contributed by atoms with Gasteiger partial charge in [0.15, 0.2) is 0 Å². The second-order valence-electron chi connectivity index (χ2n) is 8.29. The molecule has 2 heterocycles. The van der Waals surface area contributed by atoms with Gasteiger partial charge < -0.3 is 10.1 Å². The highest BCUT2D eigenvalue weighted by atomic mass is 16.5. The highest BCUT2D eigenvalue weighted by molar-refractivity contribution is 4.93. The monoisotopic (exact) mass is 282 g/mol. The Hall–Kier alpha value is -0.120. The Labute approximate surface area is 125 Å². The van der Waals surface area contributed by atoms with Gasteiger partial charge in [-0.15, -0.1) is 0 Å². The first kappa shape index (κ1) is 16.3. The summed E-state index contributed by atoms with van der Waals surface area (Å²) in [5.74, 6) is 1.53. The molecule has 3 heteroatoms. The predicted octanol–water partition coefficient (Wildman–Crippen LogP) is 2.76. The number of hydrogen-bond donors (Lipinski definition) is 1. The molecule has 0 spiro atoms. The summed E-state index contributed by atoms with van der Waals surface area (Å²) in [6.45, 7) is 17.2. The molecule has 0 bridgehead atoms. The minimum atomic E-state index is 0.341. The molecule has 3 nitrogen and oxygen atoms in total. The van der Waals surface area contributed by atoms with Crippen LogP contribution < -0.4 is 5.32 Å². The van der Waals surface area contributed by atoms with Crippen LogP contribution in [0.5, 0.6) is 0 Å². The third kappa shape index (κ3) is 4.44. The third-order valence-electron chi connectivity index (χ3n) is 4.84. The van der Waals surface area contributed by atoms with E-state index in [4.69, 9.17) is 4.74 Å². The van der Waals surface area contributed by atoms with Crippen LogP contribution in [-0.2, 0) is 4.74 Å². The first-order chi connectivity index (χ1) is 9.36. The molecule has 3 unspecified atom stereocenters. The van der Waals surface area contributed by atoms with Crippen molar-refractivity contribution in [1.29, 1.82) is 0 Å². The van der Waals surface area contributed by atoms with Crippen LogP contribution in [0.2, 0.25) is 0 Å². The van der Waals surface area contributed by atoms with Crippen LogP contribution in [0.3, 0.4) is 0 Å². The number of nitrogens with zero attached hydrogens (tertiary/aromatic N) is 1. The molecule has 2 fully saturated rings. The van der Waals surface area contributed by atoms with Crippen molar-refractivity contribution in [2.45, 2.75) is 59.5 Å². The molecule has 0 aromatic heterocycles. The first-order valence-corrected chi connectivity index (χ1v) is 8.41. The molecule has 2 rings (SSSR count). The molecule has 0 amide bonds. The number of nitrogens with one attached hydrogen (secondary N) is 1. The van der Waals surface area contributed by atoms with Gasteiger partial charge in [-0.3, -0.25) is 4.90 Å². The van der Waals surface area contributed by atoms with Gasteiger partial charge in [0.2, 0.25) is 0 Å². The molecule has 1 N–H and O–H groups in total. The molecule has 0 saturated carbocycles. The van der Waals surface area contributed by atoms with Crippen LogP contribution in [0.25, 0.3) is 0 Å². The van der Waals surface area contributed by atoms with Gasteiger partial charge >= 0.3 is 0 Å². The second-order valence-corrected chi connectivity index (χ2v) is 8.29. The van der Waals surface area contributed by atoms with E-state index >= 15 is 0 Å². The van der Waals surface area contributed by atoms with Crippen molar-refractivity contribution >= 4 is 0 Å². The van der Waals surface area contributed by atoms with E-state index in [2.05, 4.69) is 44.8 Å². The summed E-state index contributed by atoms with van der Waals surface area (Å²) in [6, 6.07) is 1.31. The van der Waals surface area contributed by atoms with Crippen LogP contribution in [0.4, 0.5) is 0 Å². The highest BCUT2D eigenvalue weighted by Gasteiger charge is 2.35. The van der Waals surface area contributed by atoms with E-state index in [0.717, 1.165) is 31.6 Å². The summed E-state index contributed by atoms with van der Waals surface area (Å²) in [5.41, 5.74) is 0.341. The van der Waals surface area contributed by atoms with Crippen LogP contribution in [0.1, 0.15) is 47.5 Å². The summed E-state index contributed by atoms with van der Waals surface area (Å²) in [4.78, 5) is 2.76. The zero-order valence-electron chi connectivity index (χ0n) is 14.1. The van der Waals surface area contributed by atoms with Gasteiger partial charge in [0.05, 0.1) is 6.61 Å². The Kier molecular flexibility index (Phi) is 5.49. The average Bonchev–Trinajstić information content (AvgIpc) is 2.82. The molecule has 0 aromatic rings. The topological polar surface area (TPSA) is 24.5 Å². The first-order valence-electron chi connectivity index (χ1n) is 8.41. The molecule has 118 valence electrons. The zero-order valence-corrected chi connectivity index (χ0v) is 14.1. The molecule has 0 aromatic carbocycles. The molecule has 2 aliphatic heterocycles. The van der Waals surface area contributed by atoms with E-state index in [9.17, 15) is 0 Å². The van der Waals surface area contributed by atoms with Gasteiger partial charge in [-0.1, -0.05) is 34.6 Å². The summed E-state index contributed by atoms with van der Waals surface area (Å²) in [5, 5.41) is 3.80. The zero-order chi connectivity index (χ0) is 14.8.